The molecule has 1 aliphatic carbocycles. The minimum absolute atomic E-state index is 0.860. The third-order valence-electron chi connectivity index (χ3n) is 9.56. The van der Waals surface area contributed by atoms with E-state index in [0.29, 0.717) is 0 Å². The first-order chi connectivity index (χ1) is 24.7. The lowest BCUT2D eigenvalue weighted by Crippen LogP contribution is -2.26. The van der Waals surface area contributed by atoms with E-state index in [1.54, 1.807) is 0 Å². The molecule has 0 saturated carbocycles. The summed E-state index contributed by atoms with van der Waals surface area (Å²) in [5.41, 5.74) is 13.5. The monoisotopic (exact) mass is 642 g/mol. The maximum absolute atomic E-state index is 6.44. The Balaban J connectivity index is 1.07. The van der Waals surface area contributed by atoms with Crippen molar-refractivity contribution in [3.05, 3.63) is 209 Å². The van der Waals surface area contributed by atoms with Gasteiger partial charge in [0.15, 0.2) is 0 Å². The summed E-state index contributed by atoms with van der Waals surface area (Å²) in [5.74, 6) is 1.73. The Labute approximate surface area is 294 Å². The Bertz CT molecular complexity index is 2440. The summed E-state index contributed by atoms with van der Waals surface area (Å²) in [4.78, 5) is 0. The van der Waals surface area contributed by atoms with Crippen molar-refractivity contribution in [2.24, 2.45) is 0 Å². The van der Waals surface area contributed by atoms with Crippen LogP contribution in [0, 0.1) is 0 Å². The molecule has 1 aliphatic rings. The molecule has 0 atom stereocenters. The van der Waals surface area contributed by atoms with Gasteiger partial charge in [0, 0.05) is 11.1 Å². The van der Waals surface area contributed by atoms with Crippen molar-refractivity contribution in [1.82, 2.24) is 0 Å². The number of hydrogen-bond acceptors (Lipinski definition) is 1. The minimum Gasteiger partial charge on any atom is -0.456 e. The number of allylic oxidation sites excluding steroid dienone is 3. The van der Waals surface area contributed by atoms with Gasteiger partial charge in [-0.3, -0.25) is 0 Å². The highest BCUT2D eigenvalue weighted by Crippen LogP contribution is 2.38. The van der Waals surface area contributed by atoms with Crippen LogP contribution in [0.15, 0.2) is 180 Å². The summed E-state index contributed by atoms with van der Waals surface area (Å²) in [6.45, 7) is 2.07. The average Bonchev–Trinajstić information content (AvgIpc) is 3.69. The second kappa shape index (κ2) is 14.1. The zero-order valence-corrected chi connectivity index (χ0v) is 28.2. The van der Waals surface area contributed by atoms with Crippen molar-refractivity contribution in [1.29, 1.82) is 0 Å². The highest BCUT2D eigenvalue weighted by molar-refractivity contribution is 5.85. The fraction of sp³-hybridized carbons (Fsp3) is 0.0612. The molecule has 50 heavy (non-hydrogen) atoms. The zero-order chi connectivity index (χ0) is 33.7. The molecule has 0 bridgehead atoms. The molecule has 0 saturated heterocycles. The number of benzene rings is 6. The van der Waals surface area contributed by atoms with E-state index in [2.05, 4.69) is 195 Å². The molecule has 0 aliphatic heterocycles. The molecule has 0 amide bonds. The molecule has 8 rings (SSSR count). The van der Waals surface area contributed by atoms with E-state index in [9.17, 15) is 0 Å². The normalized spacial score (nSPS) is 13.4. The average molecular weight is 643 g/mol. The minimum atomic E-state index is 0.860. The van der Waals surface area contributed by atoms with Gasteiger partial charge in [-0.2, -0.15) is 0 Å². The first-order valence-electron chi connectivity index (χ1n) is 17.4. The summed E-state index contributed by atoms with van der Waals surface area (Å²) in [6.07, 6.45) is 13.3. The summed E-state index contributed by atoms with van der Waals surface area (Å²) >= 11 is 0. The van der Waals surface area contributed by atoms with Crippen LogP contribution in [0.4, 0.5) is 0 Å². The van der Waals surface area contributed by atoms with E-state index in [0.717, 1.165) is 41.1 Å². The maximum Gasteiger partial charge on any atom is 0.134 e. The van der Waals surface area contributed by atoms with Crippen LogP contribution in [0.2, 0.25) is 0 Å². The van der Waals surface area contributed by atoms with Gasteiger partial charge in [-0.05, 0) is 98.5 Å². The molecule has 240 valence electrons. The van der Waals surface area contributed by atoms with Gasteiger partial charge < -0.3 is 4.42 Å². The maximum atomic E-state index is 6.44. The van der Waals surface area contributed by atoms with Crippen LogP contribution in [0.25, 0.3) is 62.6 Å². The Morgan fingerprint density at radius 3 is 1.88 bits per heavy atom. The Kier molecular flexibility index (Phi) is 8.79. The van der Waals surface area contributed by atoms with E-state index < -0.39 is 0 Å². The highest BCUT2D eigenvalue weighted by atomic mass is 16.3. The summed E-state index contributed by atoms with van der Waals surface area (Å²) in [5, 5.41) is 2.40. The van der Waals surface area contributed by atoms with Crippen LogP contribution in [0.5, 0.6) is 0 Å². The highest BCUT2D eigenvalue weighted by Gasteiger charge is 2.17. The van der Waals surface area contributed by atoms with Crippen LogP contribution < -0.4 is 10.4 Å². The van der Waals surface area contributed by atoms with E-state index in [1.165, 1.54) is 55.0 Å². The molecule has 0 unspecified atom stereocenters. The van der Waals surface area contributed by atoms with Crippen molar-refractivity contribution in [3.8, 4) is 44.9 Å². The number of furan rings is 1. The van der Waals surface area contributed by atoms with Crippen LogP contribution in [-0.2, 0) is 6.42 Å². The molecule has 0 spiro atoms. The lowest BCUT2D eigenvalue weighted by atomic mass is 9.84. The third-order valence-corrected chi connectivity index (χ3v) is 9.56. The fourth-order valence-electron chi connectivity index (χ4n) is 7.07. The SMILES string of the molecule is C\C=C/C(c1ccc(-c2ccc(-c3ccc(-c4ccc(-c5ccccc5)c5c4CCC=C5)cc3)o2)cc1)=c1/cccc/c1=C\c1ccccc1. The van der Waals surface area contributed by atoms with Gasteiger partial charge in [0.1, 0.15) is 11.5 Å². The summed E-state index contributed by atoms with van der Waals surface area (Å²) < 4.78 is 6.44. The van der Waals surface area contributed by atoms with Crippen LogP contribution in [-0.4, -0.2) is 0 Å². The van der Waals surface area contributed by atoms with Crippen LogP contribution >= 0.6 is 0 Å². The molecule has 1 aromatic heterocycles. The Morgan fingerprint density at radius 1 is 0.560 bits per heavy atom. The second-order valence-electron chi connectivity index (χ2n) is 12.7. The molecular weight excluding hydrogens is 605 g/mol. The zero-order valence-electron chi connectivity index (χ0n) is 28.2. The van der Waals surface area contributed by atoms with Gasteiger partial charge in [-0.1, -0.05) is 170 Å². The molecule has 6 aromatic carbocycles. The van der Waals surface area contributed by atoms with Gasteiger partial charge in [0.2, 0.25) is 0 Å². The molecule has 0 fully saturated rings. The van der Waals surface area contributed by atoms with Gasteiger partial charge in [0.05, 0.1) is 0 Å². The van der Waals surface area contributed by atoms with E-state index in [1.807, 2.05) is 0 Å². The van der Waals surface area contributed by atoms with Gasteiger partial charge in [-0.25, -0.2) is 0 Å². The topological polar surface area (TPSA) is 13.1 Å². The van der Waals surface area contributed by atoms with E-state index >= 15 is 0 Å². The molecular formula is C49H38O. The van der Waals surface area contributed by atoms with Gasteiger partial charge in [0.25, 0.3) is 0 Å². The Morgan fingerprint density at radius 2 is 1.16 bits per heavy atom. The number of hydrogen-bond donors (Lipinski definition) is 0. The Hall–Kier alpha value is -6.18. The van der Waals surface area contributed by atoms with Gasteiger partial charge >= 0.3 is 0 Å². The first-order valence-corrected chi connectivity index (χ1v) is 17.4. The summed E-state index contributed by atoms with van der Waals surface area (Å²) in [6, 6.07) is 56.0. The van der Waals surface area contributed by atoms with Crippen LogP contribution in [0.1, 0.15) is 35.6 Å². The largest absolute Gasteiger partial charge is 0.456 e. The predicted octanol–water partition coefficient (Wildman–Crippen LogP) is 11.5. The number of rotatable bonds is 7. The van der Waals surface area contributed by atoms with Crippen molar-refractivity contribution in [2.75, 3.05) is 0 Å². The third kappa shape index (κ3) is 6.34. The van der Waals surface area contributed by atoms with Crippen molar-refractivity contribution < 1.29 is 4.42 Å². The molecule has 0 N–H and O–H groups in total. The number of fused-ring (bicyclic) bond motifs is 1. The summed E-state index contributed by atoms with van der Waals surface area (Å²) in [7, 11) is 0. The molecule has 0 radical (unpaired) electrons. The quantitative estimate of drug-likeness (QED) is 0.169. The molecule has 1 heteroatoms. The lowest BCUT2D eigenvalue weighted by molar-refractivity contribution is 0.597. The molecule has 1 heterocycles. The lowest BCUT2D eigenvalue weighted by Gasteiger charge is -2.20. The van der Waals surface area contributed by atoms with Crippen LogP contribution in [0.3, 0.4) is 0 Å². The van der Waals surface area contributed by atoms with Crippen molar-refractivity contribution in [3.63, 3.8) is 0 Å². The van der Waals surface area contributed by atoms with E-state index in [-0.39, 0.29) is 0 Å². The standard InChI is InChI=1S/C49H38O/c1-2-13-42(43-19-10-9-18-41(43)34-35-14-5-3-6-15-35)37-22-26-39(27-23-37)48-32-33-49(50-48)40-28-24-38(25-29-40)45-31-30-44(36-16-7-4-8-17-36)46-20-11-12-21-47(45)46/h2-11,13-20,22-34H,12,21H2,1H3/b13-2-,41-34+,43-42+. The predicted molar refractivity (Wildman–Crippen MR) is 211 cm³/mol. The smallest absolute Gasteiger partial charge is 0.134 e. The molecule has 1 nitrogen and oxygen atoms in total. The van der Waals surface area contributed by atoms with E-state index in [4.69, 9.17) is 4.42 Å². The van der Waals surface area contributed by atoms with Gasteiger partial charge in [-0.15, -0.1) is 0 Å². The first kappa shape index (κ1) is 31.1. The second-order valence-corrected chi connectivity index (χ2v) is 12.7. The fourth-order valence-corrected chi connectivity index (χ4v) is 7.07. The van der Waals surface area contributed by atoms with Crippen molar-refractivity contribution >= 4 is 17.7 Å². The van der Waals surface area contributed by atoms with Crippen molar-refractivity contribution in [2.45, 2.75) is 19.8 Å². The molecule has 7 aromatic rings.